The van der Waals surface area contributed by atoms with E-state index in [-0.39, 0.29) is 6.04 Å². The lowest BCUT2D eigenvalue weighted by atomic mass is 9.68. The molecular weight excluding hydrogens is 296 g/mol. The minimum Gasteiger partial charge on any atom is -0.383 e. The molecule has 1 aliphatic carbocycles. The van der Waals surface area contributed by atoms with E-state index in [1.54, 1.807) is 0 Å². The molecule has 1 aromatic carbocycles. The quantitative estimate of drug-likeness (QED) is 0.895. The molecule has 1 N–H and O–H groups in total. The van der Waals surface area contributed by atoms with Gasteiger partial charge in [-0.2, -0.15) is 0 Å². The van der Waals surface area contributed by atoms with Crippen LogP contribution in [0.5, 0.6) is 0 Å². The molecule has 1 saturated carbocycles. The monoisotopic (exact) mass is 330 g/mol. The summed E-state index contributed by atoms with van der Waals surface area (Å²) in [5.74, 6) is 0.387. The number of aliphatic hydroxyl groups is 1. The van der Waals surface area contributed by atoms with Crippen LogP contribution in [0.1, 0.15) is 51.0 Å². The summed E-state index contributed by atoms with van der Waals surface area (Å²) in [5.41, 5.74) is 0.412. The molecule has 0 amide bonds. The lowest BCUT2D eigenvalue weighted by Gasteiger charge is -2.50. The number of benzene rings is 1. The molecule has 2 atom stereocenters. The predicted molar refractivity (Wildman–Crippen MR) is 100 cm³/mol. The molecule has 2 aliphatic rings. The number of hydrogen-bond donors (Lipinski definition) is 1. The van der Waals surface area contributed by atoms with Gasteiger partial charge in [-0.15, -0.1) is 0 Å². The second-order valence-corrected chi connectivity index (χ2v) is 7.79. The second kappa shape index (κ2) is 7.99. The summed E-state index contributed by atoms with van der Waals surface area (Å²) in [6.45, 7) is 6.59. The van der Waals surface area contributed by atoms with Crippen LogP contribution in [-0.2, 0) is 5.60 Å². The molecule has 2 unspecified atom stereocenters. The zero-order valence-corrected chi connectivity index (χ0v) is 15.5. The maximum absolute atomic E-state index is 12.1. The van der Waals surface area contributed by atoms with Gasteiger partial charge in [0.25, 0.3) is 0 Å². The van der Waals surface area contributed by atoms with Crippen LogP contribution in [-0.4, -0.2) is 54.2 Å². The summed E-state index contributed by atoms with van der Waals surface area (Å²) in [5, 5.41) is 12.1. The smallest absolute Gasteiger partial charge is 0.108 e. The van der Waals surface area contributed by atoms with Crippen molar-refractivity contribution in [3.63, 3.8) is 0 Å². The zero-order chi connectivity index (χ0) is 17.0. The molecule has 1 heterocycles. The highest BCUT2D eigenvalue weighted by molar-refractivity contribution is 5.26. The van der Waals surface area contributed by atoms with Gasteiger partial charge < -0.3 is 10.0 Å². The summed E-state index contributed by atoms with van der Waals surface area (Å²) in [6.07, 6.45) is 7.18. The highest BCUT2D eigenvalue weighted by Crippen LogP contribution is 2.44. The Kier molecular flexibility index (Phi) is 5.96. The number of hydrogen-bond acceptors (Lipinski definition) is 3. The Morgan fingerprint density at radius 3 is 2.25 bits per heavy atom. The second-order valence-electron chi connectivity index (χ2n) is 7.79. The average Bonchev–Trinajstić information content (AvgIpc) is 2.65. The van der Waals surface area contributed by atoms with Crippen LogP contribution in [0.4, 0.5) is 0 Å². The lowest BCUT2D eigenvalue weighted by Crippen LogP contribution is -2.59. The van der Waals surface area contributed by atoms with Crippen LogP contribution in [0.25, 0.3) is 0 Å². The standard InChI is InChI=1S/C21H34N2O/c1-3-20(23-16-14-22(2)15-17-23)21(24,18-10-6-4-7-11-18)19-12-8-5-9-13-19/h4,6-7,10-11,19-20,24H,3,5,8-9,12-17H2,1-2H3. The van der Waals surface area contributed by atoms with Gasteiger partial charge in [-0.25, -0.2) is 0 Å². The van der Waals surface area contributed by atoms with Crippen molar-refractivity contribution in [3.05, 3.63) is 35.9 Å². The summed E-state index contributed by atoms with van der Waals surface area (Å²) in [7, 11) is 2.20. The number of piperazine rings is 1. The van der Waals surface area contributed by atoms with Crippen molar-refractivity contribution in [1.29, 1.82) is 0 Å². The van der Waals surface area contributed by atoms with Crippen molar-refractivity contribution >= 4 is 0 Å². The molecule has 0 bridgehead atoms. The Bertz CT molecular complexity index is 492. The fraction of sp³-hybridized carbons (Fsp3) is 0.714. The molecular formula is C21H34N2O. The van der Waals surface area contributed by atoms with E-state index in [0.717, 1.165) is 51.0 Å². The van der Waals surface area contributed by atoms with E-state index >= 15 is 0 Å². The van der Waals surface area contributed by atoms with Gasteiger partial charge in [0.2, 0.25) is 0 Å². The lowest BCUT2D eigenvalue weighted by molar-refractivity contribution is -0.114. The normalized spacial score (nSPS) is 25.3. The first-order valence-electron chi connectivity index (χ1n) is 9.86. The first-order chi connectivity index (χ1) is 11.7. The molecule has 3 nitrogen and oxygen atoms in total. The third kappa shape index (κ3) is 3.54. The SMILES string of the molecule is CCC(N1CCN(C)CC1)C(O)(c1ccccc1)C1CCCCC1. The molecule has 1 aromatic rings. The Morgan fingerprint density at radius 1 is 1.04 bits per heavy atom. The molecule has 2 fully saturated rings. The third-order valence-corrected chi connectivity index (χ3v) is 6.34. The van der Waals surface area contributed by atoms with E-state index in [4.69, 9.17) is 0 Å². The Balaban J connectivity index is 1.92. The van der Waals surface area contributed by atoms with Crippen molar-refractivity contribution < 1.29 is 5.11 Å². The van der Waals surface area contributed by atoms with Gasteiger partial charge in [0.1, 0.15) is 5.60 Å². The minimum atomic E-state index is -0.716. The average molecular weight is 331 g/mol. The van der Waals surface area contributed by atoms with E-state index in [2.05, 4.69) is 54.1 Å². The first kappa shape index (κ1) is 17.9. The van der Waals surface area contributed by atoms with Gasteiger partial charge in [0.05, 0.1) is 0 Å². The van der Waals surface area contributed by atoms with Crippen molar-refractivity contribution in [3.8, 4) is 0 Å². The largest absolute Gasteiger partial charge is 0.383 e. The van der Waals surface area contributed by atoms with Crippen LogP contribution >= 0.6 is 0 Å². The zero-order valence-electron chi connectivity index (χ0n) is 15.5. The van der Waals surface area contributed by atoms with Crippen molar-refractivity contribution in [2.45, 2.75) is 57.1 Å². The Hall–Kier alpha value is -0.900. The van der Waals surface area contributed by atoms with Crippen molar-refractivity contribution in [2.75, 3.05) is 33.2 Å². The van der Waals surface area contributed by atoms with Gasteiger partial charge in [0.15, 0.2) is 0 Å². The molecule has 1 aliphatic heterocycles. The van der Waals surface area contributed by atoms with Crippen molar-refractivity contribution in [1.82, 2.24) is 9.80 Å². The van der Waals surface area contributed by atoms with E-state index in [1.165, 1.54) is 19.3 Å². The third-order valence-electron chi connectivity index (χ3n) is 6.34. The van der Waals surface area contributed by atoms with Gasteiger partial charge in [-0.1, -0.05) is 56.5 Å². The van der Waals surface area contributed by atoms with Gasteiger partial charge in [0, 0.05) is 32.2 Å². The van der Waals surface area contributed by atoms with E-state index < -0.39 is 5.60 Å². The molecule has 1 saturated heterocycles. The van der Waals surface area contributed by atoms with Crippen LogP contribution in [0.2, 0.25) is 0 Å². The Labute approximate surface area is 147 Å². The molecule has 134 valence electrons. The predicted octanol–water partition coefficient (Wildman–Crippen LogP) is 3.48. The van der Waals surface area contributed by atoms with Crippen LogP contribution in [0.3, 0.4) is 0 Å². The van der Waals surface area contributed by atoms with Crippen molar-refractivity contribution in [2.24, 2.45) is 5.92 Å². The van der Waals surface area contributed by atoms with E-state index in [0.29, 0.717) is 5.92 Å². The highest BCUT2D eigenvalue weighted by Gasteiger charge is 2.47. The van der Waals surface area contributed by atoms with Gasteiger partial charge in [-0.3, -0.25) is 4.90 Å². The number of likely N-dealkylation sites (N-methyl/N-ethyl adjacent to an activating group) is 1. The number of rotatable bonds is 5. The van der Waals surface area contributed by atoms with Crippen LogP contribution in [0, 0.1) is 5.92 Å². The highest BCUT2D eigenvalue weighted by atomic mass is 16.3. The fourth-order valence-corrected chi connectivity index (χ4v) is 4.93. The summed E-state index contributed by atoms with van der Waals surface area (Å²) >= 11 is 0. The number of nitrogens with zero attached hydrogens (tertiary/aromatic N) is 2. The Morgan fingerprint density at radius 2 is 1.67 bits per heavy atom. The molecule has 0 spiro atoms. The summed E-state index contributed by atoms with van der Waals surface area (Å²) in [4.78, 5) is 4.95. The maximum Gasteiger partial charge on any atom is 0.108 e. The minimum absolute atomic E-state index is 0.219. The van der Waals surface area contributed by atoms with Gasteiger partial charge in [-0.05, 0) is 37.8 Å². The first-order valence-corrected chi connectivity index (χ1v) is 9.86. The molecule has 3 rings (SSSR count). The fourth-order valence-electron chi connectivity index (χ4n) is 4.93. The van der Waals surface area contributed by atoms with Crippen LogP contribution < -0.4 is 0 Å². The van der Waals surface area contributed by atoms with E-state index in [9.17, 15) is 5.11 Å². The summed E-state index contributed by atoms with van der Waals surface area (Å²) < 4.78 is 0. The molecule has 0 radical (unpaired) electrons. The molecule has 0 aromatic heterocycles. The van der Waals surface area contributed by atoms with Crippen LogP contribution in [0.15, 0.2) is 30.3 Å². The molecule has 24 heavy (non-hydrogen) atoms. The maximum atomic E-state index is 12.1. The molecule has 3 heteroatoms. The topological polar surface area (TPSA) is 26.7 Å². The summed E-state index contributed by atoms with van der Waals surface area (Å²) in [6, 6.07) is 10.7. The van der Waals surface area contributed by atoms with Gasteiger partial charge >= 0.3 is 0 Å². The van der Waals surface area contributed by atoms with E-state index in [1.807, 2.05) is 0 Å².